The predicted molar refractivity (Wildman–Crippen MR) is 84.8 cm³/mol. The van der Waals surface area contributed by atoms with Crippen molar-refractivity contribution in [2.45, 2.75) is 81.1 Å². The summed E-state index contributed by atoms with van der Waals surface area (Å²) in [5.41, 5.74) is 3.49. The highest BCUT2D eigenvalue weighted by Crippen LogP contribution is 2.41. The van der Waals surface area contributed by atoms with Gasteiger partial charge in [-0.15, -0.1) is 0 Å². The largest absolute Gasteiger partial charge is 0.0705 e. The average molecular weight is 252 g/mol. The minimum Gasteiger partial charge on any atom is -0.0705 e. The molecule has 0 amide bonds. The van der Waals surface area contributed by atoms with Crippen molar-refractivity contribution in [2.75, 3.05) is 0 Å². The predicted octanol–water partition coefficient (Wildman–Crippen LogP) is 6.47. The lowest BCUT2D eigenvalue weighted by Gasteiger charge is -2.29. The fraction of sp³-hybridized carbons (Fsp3) is 0.889. The van der Waals surface area contributed by atoms with Gasteiger partial charge in [0.05, 0.1) is 0 Å². The second kappa shape index (κ2) is 8.77. The third-order valence-corrected chi connectivity index (χ3v) is 4.79. The van der Waals surface area contributed by atoms with E-state index in [1.54, 1.807) is 11.1 Å². The first-order valence-corrected chi connectivity index (χ1v) is 8.22. The number of hydrogen-bond donors (Lipinski definition) is 0. The summed E-state index contributed by atoms with van der Waals surface area (Å²) in [4.78, 5) is 0. The Bertz CT molecular complexity index is 247. The van der Waals surface area contributed by atoms with Crippen LogP contribution in [0.15, 0.2) is 11.1 Å². The molecule has 1 rings (SSSR count). The molecule has 0 heteroatoms. The SMILES string of the molecule is CC.CCC1C(C)=C(C(C)C)CCC(C)C1CC. The monoisotopic (exact) mass is 252 g/mol. The molecule has 18 heavy (non-hydrogen) atoms. The Morgan fingerprint density at radius 1 is 1.11 bits per heavy atom. The molecule has 0 saturated heterocycles. The lowest BCUT2D eigenvalue weighted by atomic mass is 9.76. The average Bonchev–Trinajstić information content (AvgIpc) is 2.48. The summed E-state index contributed by atoms with van der Waals surface area (Å²) in [6.07, 6.45) is 5.42. The molecule has 0 aliphatic heterocycles. The standard InChI is InChI=1S/C16H30.C2H6/c1-7-14-12(5)9-10-16(11(3)4)13(6)15(14)8-2;1-2/h11-12,14-15H,7-10H2,1-6H3;1-2H3. The van der Waals surface area contributed by atoms with E-state index in [0.717, 1.165) is 23.7 Å². The Hall–Kier alpha value is -0.260. The molecule has 0 aromatic rings. The van der Waals surface area contributed by atoms with E-state index in [-0.39, 0.29) is 0 Å². The zero-order valence-corrected chi connectivity index (χ0v) is 14.1. The van der Waals surface area contributed by atoms with Gasteiger partial charge in [-0.05, 0) is 49.9 Å². The Morgan fingerprint density at radius 2 is 1.67 bits per heavy atom. The van der Waals surface area contributed by atoms with E-state index in [1.165, 1.54) is 25.7 Å². The van der Waals surface area contributed by atoms with Crippen LogP contribution in [0.2, 0.25) is 0 Å². The van der Waals surface area contributed by atoms with E-state index in [9.17, 15) is 0 Å². The van der Waals surface area contributed by atoms with E-state index in [1.807, 2.05) is 13.8 Å². The van der Waals surface area contributed by atoms with Crippen LogP contribution in [0.25, 0.3) is 0 Å². The van der Waals surface area contributed by atoms with Gasteiger partial charge in [-0.1, -0.05) is 66.0 Å². The molecule has 1 aliphatic carbocycles. The van der Waals surface area contributed by atoms with Crippen molar-refractivity contribution in [1.82, 2.24) is 0 Å². The first-order chi connectivity index (χ1) is 8.52. The summed E-state index contributed by atoms with van der Waals surface area (Å²) in [7, 11) is 0. The molecular formula is C18H36. The summed E-state index contributed by atoms with van der Waals surface area (Å²) in [6.45, 7) is 18.3. The molecule has 0 saturated carbocycles. The molecule has 0 N–H and O–H groups in total. The van der Waals surface area contributed by atoms with Crippen LogP contribution >= 0.6 is 0 Å². The molecule has 0 aromatic heterocycles. The van der Waals surface area contributed by atoms with Gasteiger partial charge < -0.3 is 0 Å². The molecule has 1 aliphatic rings. The van der Waals surface area contributed by atoms with E-state index < -0.39 is 0 Å². The summed E-state index contributed by atoms with van der Waals surface area (Å²) >= 11 is 0. The van der Waals surface area contributed by atoms with Crippen molar-refractivity contribution in [2.24, 2.45) is 23.7 Å². The second-order valence-electron chi connectivity index (χ2n) is 5.97. The van der Waals surface area contributed by atoms with Gasteiger partial charge in [0.2, 0.25) is 0 Å². The lowest BCUT2D eigenvalue weighted by molar-refractivity contribution is 0.252. The van der Waals surface area contributed by atoms with Crippen LogP contribution in [-0.2, 0) is 0 Å². The van der Waals surface area contributed by atoms with Crippen molar-refractivity contribution >= 4 is 0 Å². The number of hydrogen-bond acceptors (Lipinski definition) is 0. The minimum absolute atomic E-state index is 0.747. The summed E-state index contributed by atoms with van der Waals surface area (Å²) < 4.78 is 0. The minimum atomic E-state index is 0.747. The Balaban J connectivity index is 0.00000137. The molecule has 0 nitrogen and oxygen atoms in total. The molecule has 0 spiro atoms. The van der Waals surface area contributed by atoms with Gasteiger partial charge in [0.15, 0.2) is 0 Å². The van der Waals surface area contributed by atoms with Gasteiger partial charge >= 0.3 is 0 Å². The quantitative estimate of drug-likeness (QED) is 0.505. The molecular weight excluding hydrogens is 216 g/mol. The highest BCUT2D eigenvalue weighted by molar-refractivity contribution is 5.20. The van der Waals surface area contributed by atoms with Crippen molar-refractivity contribution in [3.05, 3.63) is 11.1 Å². The first kappa shape index (κ1) is 17.7. The normalized spacial score (nSPS) is 28.8. The van der Waals surface area contributed by atoms with Gasteiger partial charge in [-0.3, -0.25) is 0 Å². The first-order valence-electron chi connectivity index (χ1n) is 8.22. The number of allylic oxidation sites excluding steroid dienone is 2. The summed E-state index contributed by atoms with van der Waals surface area (Å²) in [6, 6.07) is 0. The highest BCUT2D eigenvalue weighted by atomic mass is 14.3. The molecule has 0 bridgehead atoms. The Morgan fingerprint density at radius 3 is 2.06 bits per heavy atom. The molecule has 108 valence electrons. The fourth-order valence-corrected chi connectivity index (χ4v) is 3.79. The van der Waals surface area contributed by atoms with Gasteiger partial charge in [0.25, 0.3) is 0 Å². The summed E-state index contributed by atoms with van der Waals surface area (Å²) in [5.74, 6) is 3.42. The van der Waals surface area contributed by atoms with Gasteiger partial charge in [0, 0.05) is 0 Å². The van der Waals surface area contributed by atoms with Crippen LogP contribution in [0, 0.1) is 23.7 Å². The maximum Gasteiger partial charge on any atom is -0.0175 e. The number of rotatable bonds is 3. The van der Waals surface area contributed by atoms with Gasteiger partial charge in [0.1, 0.15) is 0 Å². The highest BCUT2D eigenvalue weighted by Gasteiger charge is 2.30. The topological polar surface area (TPSA) is 0 Å². The van der Waals surface area contributed by atoms with E-state index >= 15 is 0 Å². The van der Waals surface area contributed by atoms with Gasteiger partial charge in [-0.2, -0.15) is 0 Å². The van der Waals surface area contributed by atoms with Crippen LogP contribution in [-0.4, -0.2) is 0 Å². The molecule has 0 aromatic carbocycles. The van der Waals surface area contributed by atoms with E-state index in [2.05, 4.69) is 41.5 Å². The van der Waals surface area contributed by atoms with E-state index in [4.69, 9.17) is 0 Å². The molecule has 0 radical (unpaired) electrons. The smallest absolute Gasteiger partial charge is 0.0175 e. The third-order valence-electron chi connectivity index (χ3n) is 4.79. The van der Waals surface area contributed by atoms with Crippen molar-refractivity contribution in [1.29, 1.82) is 0 Å². The molecule has 3 unspecified atom stereocenters. The lowest BCUT2D eigenvalue weighted by Crippen LogP contribution is -2.20. The zero-order valence-electron chi connectivity index (χ0n) is 14.1. The second-order valence-corrected chi connectivity index (χ2v) is 5.97. The fourth-order valence-electron chi connectivity index (χ4n) is 3.79. The van der Waals surface area contributed by atoms with E-state index in [0.29, 0.717) is 0 Å². The van der Waals surface area contributed by atoms with Crippen LogP contribution in [0.1, 0.15) is 81.1 Å². The van der Waals surface area contributed by atoms with Crippen LogP contribution in [0.3, 0.4) is 0 Å². The Labute approximate surface area is 116 Å². The van der Waals surface area contributed by atoms with Crippen LogP contribution in [0.4, 0.5) is 0 Å². The molecule has 3 atom stereocenters. The maximum absolute atomic E-state index is 2.47. The zero-order chi connectivity index (χ0) is 14.3. The molecule has 0 fully saturated rings. The Kier molecular flexibility index (Phi) is 8.65. The van der Waals surface area contributed by atoms with Crippen molar-refractivity contribution in [3.63, 3.8) is 0 Å². The van der Waals surface area contributed by atoms with Gasteiger partial charge in [-0.25, -0.2) is 0 Å². The van der Waals surface area contributed by atoms with Crippen molar-refractivity contribution in [3.8, 4) is 0 Å². The van der Waals surface area contributed by atoms with Crippen LogP contribution in [0.5, 0.6) is 0 Å². The van der Waals surface area contributed by atoms with Crippen molar-refractivity contribution < 1.29 is 0 Å². The molecule has 0 heterocycles. The maximum atomic E-state index is 2.47. The van der Waals surface area contributed by atoms with Crippen LogP contribution < -0.4 is 0 Å². The summed E-state index contributed by atoms with van der Waals surface area (Å²) in [5, 5.41) is 0. The third kappa shape index (κ3) is 4.14.